The Morgan fingerprint density at radius 2 is 2.05 bits per heavy atom. The van der Waals surface area contributed by atoms with Crippen molar-refractivity contribution in [3.8, 4) is 0 Å². The maximum atomic E-state index is 11.9. The van der Waals surface area contributed by atoms with Crippen molar-refractivity contribution in [2.75, 3.05) is 13.1 Å². The smallest absolute Gasteiger partial charge is 0.324 e. The van der Waals surface area contributed by atoms with Gasteiger partial charge in [0.05, 0.1) is 13.1 Å². The Bertz CT molecular complexity index is 553. The number of carbonyl (C=O) groups excluding carboxylic acids is 3. The minimum atomic E-state index is -0.386. The summed E-state index contributed by atoms with van der Waals surface area (Å²) < 4.78 is 0. The van der Waals surface area contributed by atoms with E-state index in [0.717, 1.165) is 16.9 Å². The van der Waals surface area contributed by atoms with Gasteiger partial charge in [-0.15, -0.1) is 0 Å². The van der Waals surface area contributed by atoms with Gasteiger partial charge in [0.1, 0.15) is 0 Å². The highest BCUT2D eigenvalue weighted by Gasteiger charge is 2.28. The summed E-state index contributed by atoms with van der Waals surface area (Å²) in [6.45, 7) is 2.66. The van der Waals surface area contributed by atoms with Crippen molar-refractivity contribution >= 4 is 17.8 Å². The van der Waals surface area contributed by atoms with Gasteiger partial charge in [0, 0.05) is 18.2 Å². The number of rotatable bonds is 6. The number of urea groups is 1. The molecule has 1 aliphatic heterocycles. The predicted molar refractivity (Wildman–Crippen MR) is 81.0 cm³/mol. The zero-order chi connectivity index (χ0) is 16.1. The van der Waals surface area contributed by atoms with Gasteiger partial charge < -0.3 is 16.4 Å². The molecule has 1 aromatic carbocycles. The van der Waals surface area contributed by atoms with E-state index in [1.54, 1.807) is 24.3 Å². The van der Waals surface area contributed by atoms with E-state index in [4.69, 9.17) is 5.73 Å². The highest BCUT2D eigenvalue weighted by molar-refractivity contribution is 6.01. The number of amides is 4. The molecule has 1 saturated heterocycles. The average molecular weight is 304 g/mol. The number of imide groups is 1. The summed E-state index contributed by atoms with van der Waals surface area (Å²) in [7, 11) is 0. The van der Waals surface area contributed by atoms with E-state index in [2.05, 4.69) is 10.6 Å². The normalized spacial score (nSPS) is 15.6. The first-order valence-corrected chi connectivity index (χ1v) is 7.18. The van der Waals surface area contributed by atoms with E-state index in [1.165, 1.54) is 0 Å². The Morgan fingerprint density at radius 1 is 1.36 bits per heavy atom. The van der Waals surface area contributed by atoms with Gasteiger partial charge in [-0.2, -0.15) is 0 Å². The molecule has 0 radical (unpaired) electrons. The topological polar surface area (TPSA) is 105 Å². The Labute approximate surface area is 128 Å². The maximum absolute atomic E-state index is 11.9. The summed E-state index contributed by atoms with van der Waals surface area (Å²) in [5, 5.41) is 5.25. The molecule has 7 heteroatoms. The molecule has 1 heterocycles. The largest absolute Gasteiger partial charge is 0.352 e. The van der Waals surface area contributed by atoms with Crippen LogP contribution in [0.25, 0.3) is 0 Å². The lowest BCUT2D eigenvalue weighted by Gasteiger charge is -2.12. The highest BCUT2D eigenvalue weighted by Crippen LogP contribution is 2.10. The van der Waals surface area contributed by atoms with E-state index >= 15 is 0 Å². The van der Waals surface area contributed by atoms with Gasteiger partial charge in [-0.05, 0) is 31.0 Å². The summed E-state index contributed by atoms with van der Waals surface area (Å²) in [5.74, 6) is -0.412. The lowest BCUT2D eigenvalue weighted by atomic mass is 10.1. The van der Waals surface area contributed by atoms with Gasteiger partial charge in [-0.3, -0.25) is 14.5 Å². The second kappa shape index (κ2) is 7.04. The first kappa shape index (κ1) is 16.0. The van der Waals surface area contributed by atoms with E-state index in [9.17, 15) is 14.4 Å². The highest BCUT2D eigenvalue weighted by atomic mass is 16.2. The summed E-state index contributed by atoms with van der Waals surface area (Å²) >= 11 is 0. The van der Waals surface area contributed by atoms with Crippen LogP contribution in [0.2, 0.25) is 0 Å². The first-order valence-electron chi connectivity index (χ1n) is 7.18. The van der Waals surface area contributed by atoms with Crippen LogP contribution in [-0.4, -0.2) is 41.9 Å². The maximum Gasteiger partial charge on any atom is 0.324 e. The predicted octanol–water partition coefficient (Wildman–Crippen LogP) is 0.206. The van der Waals surface area contributed by atoms with E-state index in [0.29, 0.717) is 12.1 Å². The molecule has 22 heavy (non-hydrogen) atoms. The molecular weight excluding hydrogens is 284 g/mol. The fourth-order valence-corrected chi connectivity index (χ4v) is 2.07. The molecule has 1 atom stereocenters. The third-order valence-electron chi connectivity index (χ3n) is 3.38. The second-order valence-electron chi connectivity index (χ2n) is 5.36. The lowest BCUT2D eigenvalue weighted by molar-refractivity contribution is -0.125. The molecule has 0 spiro atoms. The van der Waals surface area contributed by atoms with Crippen LogP contribution in [0.5, 0.6) is 0 Å². The van der Waals surface area contributed by atoms with Crippen LogP contribution in [0.15, 0.2) is 24.3 Å². The minimum Gasteiger partial charge on any atom is -0.352 e. The van der Waals surface area contributed by atoms with Gasteiger partial charge in [0.15, 0.2) is 0 Å². The van der Waals surface area contributed by atoms with Crippen LogP contribution >= 0.6 is 0 Å². The third kappa shape index (κ3) is 4.05. The van der Waals surface area contributed by atoms with Crippen molar-refractivity contribution in [1.82, 2.24) is 15.5 Å². The second-order valence-corrected chi connectivity index (χ2v) is 5.36. The van der Waals surface area contributed by atoms with Crippen LogP contribution in [0.4, 0.5) is 4.79 Å². The van der Waals surface area contributed by atoms with E-state index < -0.39 is 0 Å². The molecule has 4 amide bonds. The zero-order valence-electron chi connectivity index (χ0n) is 12.5. The molecule has 1 fully saturated rings. The number of carbonyl (C=O) groups is 3. The van der Waals surface area contributed by atoms with E-state index in [1.807, 2.05) is 6.92 Å². The Morgan fingerprint density at radius 3 is 2.59 bits per heavy atom. The molecule has 1 aromatic rings. The monoisotopic (exact) mass is 304 g/mol. The summed E-state index contributed by atoms with van der Waals surface area (Å²) in [6, 6.07) is 6.48. The van der Waals surface area contributed by atoms with Crippen molar-refractivity contribution < 1.29 is 14.4 Å². The standard InChI is InChI=1S/C15H20N4O3/c1-10(16)6-7-17-14(21)12-4-2-11(3-5-12)9-19-13(20)8-18-15(19)22/h2-5,10H,6-9,16H2,1H3,(H,17,21)(H,18,22). The van der Waals surface area contributed by atoms with Crippen LogP contribution in [0.1, 0.15) is 29.3 Å². The van der Waals surface area contributed by atoms with Crippen molar-refractivity contribution in [3.05, 3.63) is 35.4 Å². The molecule has 1 unspecified atom stereocenters. The number of hydrogen-bond donors (Lipinski definition) is 3. The third-order valence-corrected chi connectivity index (χ3v) is 3.38. The van der Waals surface area contributed by atoms with Gasteiger partial charge in [-0.1, -0.05) is 12.1 Å². The molecule has 2 rings (SSSR count). The summed E-state index contributed by atoms with van der Waals surface area (Å²) in [5.41, 5.74) is 6.94. The number of nitrogens with two attached hydrogens (primary N) is 1. The number of nitrogens with one attached hydrogen (secondary N) is 2. The van der Waals surface area contributed by atoms with Crippen molar-refractivity contribution in [3.63, 3.8) is 0 Å². The molecule has 118 valence electrons. The van der Waals surface area contributed by atoms with Gasteiger partial charge in [-0.25, -0.2) is 4.79 Å². The Kier molecular flexibility index (Phi) is 5.11. The van der Waals surface area contributed by atoms with Gasteiger partial charge in [0.25, 0.3) is 5.91 Å². The quantitative estimate of drug-likeness (QED) is 0.653. The van der Waals surface area contributed by atoms with Crippen LogP contribution in [0, 0.1) is 0 Å². The lowest BCUT2D eigenvalue weighted by Crippen LogP contribution is -2.30. The van der Waals surface area contributed by atoms with Gasteiger partial charge in [0.2, 0.25) is 5.91 Å². The van der Waals surface area contributed by atoms with Crippen LogP contribution in [-0.2, 0) is 11.3 Å². The number of benzene rings is 1. The summed E-state index contributed by atoms with van der Waals surface area (Å²) in [4.78, 5) is 36.0. The number of nitrogens with zero attached hydrogens (tertiary/aromatic N) is 1. The minimum absolute atomic E-state index is 0.0406. The fourth-order valence-electron chi connectivity index (χ4n) is 2.07. The SMILES string of the molecule is CC(N)CCNC(=O)c1ccc(CN2C(=O)CNC2=O)cc1. The van der Waals surface area contributed by atoms with Gasteiger partial charge >= 0.3 is 6.03 Å². The number of hydrogen-bond acceptors (Lipinski definition) is 4. The molecule has 0 aliphatic carbocycles. The Hall–Kier alpha value is -2.41. The molecule has 0 saturated carbocycles. The van der Waals surface area contributed by atoms with Crippen LogP contribution < -0.4 is 16.4 Å². The molecule has 4 N–H and O–H groups in total. The van der Waals surface area contributed by atoms with Crippen molar-refractivity contribution in [2.45, 2.75) is 25.9 Å². The van der Waals surface area contributed by atoms with E-state index in [-0.39, 0.29) is 37.0 Å². The molecular formula is C15H20N4O3. The van der Waals surface area contributed by atoms with Crippen molar-refractivity contribution in [2.24, 2.45) is 5.73 Å². The molecule has 0 aromatic heterocycles. The van der Waals surface area contributed by atoms with Crippen molar-refractivity contribution in [1.29, 1.82) is 0 Å². The molecule has 1 aliphatic rings. The first-order chi connectivity index (χ1) is 10.5. The Balaban J connectivity index is 1.91. The molecule has 7 nitrogen and oxygen atoms in total. The zero-order valence-corrected chi connectivity index (χ0v) is 12.5. The fraction of sp³-hybridized carbons (Fsp3) is 0.400. The average Bonchev–Trinajstić information content (AvgIpc) is 2.79. The summed E-state index contributed by atoms with van der Waals surface area (Å²) in [6.07, 6.45) is 0.718. The molecule has 0 bridgehead atoms. The van der Waals surface area contributed by atoms with Crippen LogP contribution in [0.3, 0.4) is 0 Å².